The topological polar surface area (TPSA) is 85.2 Å². The van der Waals surface area contributed by atoms with Crippen LogP contribution >= 0.6 is 11.9 Å². The Morgan fingerprint density at radius 2 is 1.72 bits per heavy atom. The predicted octanol–water partition coefficient (Wildman–Crippen LogP) is 4.21. The molecule has 1 aromatic carbocycles. The summed E-state index contributed by atoms with van der Waals surface area (Å²) in [5.41, 5.74) is 8.51. The number of halogens is 1. The molecule has 7 heteroatoms. The number of amides is 1. The molecule has 5 nitrogen and oxygen atoms in total. The van der Waals surface area contributed by atoms with E-state index in [1.165, 1.54) is 23.7 Å². The minimum atomic E-state index is -0.457. The third-order valence-electron chi connectivity index (χ3n) is 4.24. The molecule has 160 valence electrons. The van der Waals surface area contributed by atoms with Gasteiger partial charge in [0.15, 0.2) is 0 Å². The summed E-state index contributed by atoms with van der Waals surface area (Å²) < 4.78 is 13.8. The van der Waals surface area contributed by atoms with Crippen LogP contribution in [0, 0.1) is 5.82 Å². The first-order valence-corrected chi connectivity index (χ1v) is 10.5. The lowest BCUT2D eigenvalue weighted by Gasteiger charge is -2.18. The van der Waals surface area contributed by atoms with E-state index >= 15 is 0 Å². The lowest BCUT2D eigenvalue weighted by atomic mass is 9.90. The molecule has 0 bridgehead atoms. The first-order valence-electron chi connectivity index (χ1n) is 9.62. The maximum absolute atomic E-state index is 13.8. The van der Waals surface area contributed by atoms with Crippen LogP contribution in [0.5, 0.6) is 0 Å². The molecule has 1 heterocycles. The molecule has 1 aromatic heterocycles. The second-order valence-electron chi connectivity index (χ2n) is 7.84. The zero-order chi connectivity index (χ0) is 22.1. The van der Waals surface area contributed by atoms with Gasteiger partial charge in [0.25, 0.3) is 0 Å². The van der Waals surface area contributed by atoms with Crippen molar-refractivity contribution in [2.24, 2.45) is 10.9 Å². The zero-order valence-electron chi connectivity index (χ0n) is 18.2. The van der Waals surface area contributed by atoms with Crippen LogP contribution in [-0.4, -0.2) is 29.9 Å². The smallest absolute Gasteiger partial charge is 0.221 e. The van der Waals surface area contributed by atoms with E-state index in [0.717, 1.165) is 17.1 Å². The van der Waals surface area contributed by atoms with Gasteiger partial charge in [-0.15, -0.1) is 0 Å². The molecule has 2 aromatic rings. The van der Waals surface area contributed by atoms with E-state index in [-0.39, 0.29) is 24.1 Å². The Hall–Kier alpha value is -1.96. The summed E-state index contributed by atoms with van der Waals surface area (Å²) in [5.74, 6) is -0.672. The van der Waals surface area contributed by atoms with Gasteiger partial charge in [-0.2, -0.15) is 0 Å². The Kier molecular flexibility index (Phi) is 10.3. The molecule has 1 amide bonds. The number of hydrogen-bond acceptors (Lipinski definition) is 5. The molecule has 0 aliphatic rings. The van der Waals surface area contributed by atoms with Crippen molar-refractivity contribution in [2.45, 2.75) is 57.4 Å². The number of benzene rings is 1. The van der Waals surface area contributed by atoms with E-state index in [4.69, 9.17) is 10.9 Å². The highest BCUT2D eigenvalue weighted by molar-refractivity contribution is 7.97. The second-order valence-corrected chi connectivity index (χ2v) is 8.54. The molecule has 0 saturated carbocycles. The summed E-state index contributed by atoms with van der Waals surface area (Å²) >= 11 is 1.28. The molecule has 4 N–H and O–H groups in total. The summed E-state index contributed by atoms with van der Waals surface area (Å²) in [4.78, 5) is 18.4. The third kappa shape index (κ3) is 8.12. The van der Waals surface area contributed by atoms with Crippen molar-refractivity contribution >= 4 is 17.9 Å². The molecule has 0 fully saturated rings. The number of rotatable bonds is 7. The second kappa shape index (κ2) is 11.9. The molecular weight excluding hydrogens is 387 g/mol. The quantitative estimate of drug-likeness (QED) is 0.656. The van der Waals surface area contributed by atoms with Gasteiger partial charge >= 0.3 is 0 Å². The molecule has 0 spiro atoms. The average Bonchev–Trinajstić information content (AvgIpc) is 2.61. The highest BCUT2D eigenvalue weighted by Gasteiger charge is 2.20. The number of carbonyl (C=O) groups is 1. The highest BCUT2D eigenvalue weighted by Crippen LogP contribution is 2.28. The van der Waals surface area contributed by atoms with Gasteiger partial charge in [0.1, 0.15) is 5.82 Å². The number of nitrogens with zero attached hydrogens (tertiary/aromatic N) is 2. The van der Waals surface area contributed by atoms with E-state index in [1.807, 2.05) is 39.8 Å². The Morgan fingerprint density at radius 3 is 2.14 bits per heavy atom. The van der Waals surface area contributed by atoms with E-state index in [1.54, 1.807) is 0 Å². The van der Waals surface area contributed by atoms with E-state index < -0.39 is 5.91 Å². The normalized spacial score (nSPS) is 11.0. The lowest BCUT2D eigenvalue weighted by molar-refractivity contribution is -0.117. The van der Waals surface area contributed by atoms with Crippen LogP contribution in [-0.2, 0) is 17.8 Å². The molecule has 0 saturated heterocycles. The fourth-order valence-electron chi connectivity index (χ4n) is 3.08. The monoisotopic (exact) mass is 420 g/mol. The van der Waals surface area contributed by atoms with Gasteiger partial charge in [-0.3, -0.25) is 14.9 Å². The van der Waals surface area contributed by atoms with E-state index in [2.05, 4.69) is 36.1 Å². The first-order chi connectivity index (χ1) is 13.6. The Morgan fingerprint density at radius 1 is 1.14 bits per heavy atom. The molecule has 0 aliphatic heterocycles. The van der Waals surface area contributed by atoms with Crippen molar-refractivity contribution in [3.8, 4) is 0 Å². The van der Waals surface area contributed by atoms with Crippen LogP contribution in [0.2, 0.25) is 0 Å². The van der Waals surface area contributed by atoms with Crippen molar-refractivity contribution in [1.82, 2.24) is 9.88 Å². The van der Waals surface area contributed by atoms with Gasteiger partial charge in [0.2, 0.25) is 5.91 Å². The maximum atomic E-state index is 13.8. The Labute approximate surface area is 178 Å². The lowest BCUT2D eigenvalue weighted by Crippen LogP contribution is -2.19. The number of nitrogens with two attached hydrogens (primary N) is 2. The van der Waals surface area contributed by atoms with Gasteiger partial charge < -0.3 is 10.6 Å². The highest BCUT2D eigenvalue weighted by atomic mass is 32.2. The predicted molar refractivity (Wildman–Crippen MR) is 119 cm³/mol. The largest absolute Gasteiger partial charge is 0.369 e. The first kappa shape index (κ1) is 25.1. The fraction of sp³-hybridized carbons (Fsp3) is 0.455. The molecule has 0 atom stereocenters. The van der Waals surface area contributed by atoms with Crippen LogP contribution in [0.15, 0.2) is 35.4 Å². The SMILES string of the molecule is CC(C)c1ncc(F)c(C(C)C)c1CC(N)=O.CN(C)Cc1ccc(SN)cc1. The maximum Gasteiger partial charge on any atom is 0.221 e. The molecular formula is C22H33FN4OS. The van der Waals surface area contributed by atoms with Gasteiger partial charge in [0.05, 0.1) is 12.6 Å². The summed E-state index contributed by atoms with van der Waals surface area (Å²) in [5, 5.41) is 5.41. The number of aromatic nitrogens is 1. The number of hydrogen-bond donors (Lipinski definition) is 2. The molecule has 0 radical (unpaired) electrons. The van der Waals surface area contributed by atoms with Gasteiger partial charge in [0, 0.05) is 17.1 Å². The Balaban J connectivity index is 0.000000308. The fourth-order valence-corrected chi connectivity index (χ4v) is 3.37. The van der Waals surface area contributed by atoms with Crippen LogP contribution in [0.4, 0.5) is 4.39 Å². The van der Waals surface area contributed by atoms with Crippen LogP contribution in [0.1, 0.15) is 61.9 Å². The molecule has 29 heavy (non-hydrogen) atoms. The van der Waals surface area contributed by atoms with Crippen molar-refractivity contribution in [2.75, 3.05) is 14.1 Å². The summed E-state index contributed by atoms with van der Waals surface area (Å²) in [6.45, 7) is 8.71. The van der Waals surface area contributed by atoms with Gasteiger partial charge in [-0.05, 0) is 66.7 Å². The standard InChI is InChI=1S/C13H19FN2O.C9H14N2S/c1-7(2)12-9(5-11(15)17)13(8(3)4)16-6-10(12)14;1-11(2)7-8-3-5-9(12-10)6-4-8/h6-8H,5H2,1-4H3,(H2,15,17);3-6H,7,10H2,1-2H3. The molecule has 2 rings (SSSR count). The number of carbonyl (C=O) groups excluding carboxylic acids is 1. The van der Waals surface area contributed by atoms with Crippen LogP contribution in [0.3, 0.4) is 0 Å². The van der Waals surface area contributed by atoms with Gasteiger partial charge in [-0.1, -0.05) is 39.8 Å². The minimum absolute atomic E-state index is 0.00449. The molecule has 0 aliphatic carbocycles. The zero-order valence-corrected chi connectivity index (χ0v) is 19.0. The van der Waals surface area contributed by atoms with Crippen molar-refractivity contribution in [3.63, 3.8) is 0 Å². The number of pyridine rings is 1. The van der Waals surface area contributed by atoms with E-state index in [0.29, 0.717) is 11.1 Å². The van der Waals surface area contributed by atoms with Gasteiger partial charge in [-0.25, -0.2) is 4.39 Å². The Bertz CT molecular complexity index is 792. The number of primary amides is 1. The van der Waals surface area contributed by atoms with Crippen LogP contribution < -0.4 is 10.9 Å². The van der Waals surface area contributed by atoms with Crippen molar-refractivity contribution in [3.05, 3.63) is 58.7 Å². The van der Waals surface area contributed by atoms with Crippen LogP contribution in [0.25, 0.3) is 0 Å². The van der Waals surface area contributed by atoms with Crippen molar-refractivity contribution < 1.29 is 9.18 Å². The summed E-state index contributed by atoms with van der Waals surface area (Å²) in [6, 6.07) is 8.30. The average molecular weight is 421 g/mol. The minimum Gasteiger partial charge on any atom is -0.369 e. The van der Waals surface area contributed by atoms with Crippen molar-refractivity contribution in [1.29, 1.82) is 0 Å². The van der Waals surface area contributed by atoms with E-state index in [9.17, 15) is 9.18 Å². The molecule has 0 unspecified atom stereocenters. The summed E-state index contributed by atoms with van der Waals surface area (Å²) in [7, 11) is 4.12. The third-order valence-corrected chi connectivity index (χ3v) is 4.79. The summed E-state index contributed by atoms with van der Waals surface area (Å²) in [6.07, 6.45) is 1.28.